The molecule has 20 heavy (non-hydrogen) atoms. The molecular weight excluding hydrogens is 322 g/mol. The average molecular weight is 336 g/mol. The van der Waals surface area contributed by atoms with Crippen LogP contribution in [0.4, 0.5) is 0 Å². The van der Waals surface area contributed by atoms with Gasteiger partial charge in [-0.25, -0.2) is 9.48 Å². The number of Topliss-reactive ketones (excluding diaryl/α,β-unsaturated/α-hetero) is 1. The second-order valence-electron chi connectivity index (χ2n) is 4.90. The third kappa shape index (κ3) is 2.47. The van der Waals surface area contributed by atoms with E-state index in [1.807, 2.05) is 12.1 Å². The molecule has 1 aliphatic rings. The monoisotopic (exact) mass is 335 g/mol. The summed E-state index contributed by atoms with van der Waals surface area (Å²) in [4.78, 5) is 24.3. The summed E-state index contributed by atoms with van der Waals surface area (Å²) in [7, 11) is 0. The highest BCUT2D eigenvalue weighted by Crippen LogP contribution is 2.12. The Kier molecular flexibility index (Phi) is 3.56. The van der Waals surface area contributed by atoms with E-state index >= 15 is 0 Å². The van der Waals surface area contributed by atoms with Crippen LogP contribution in [0.1, 0.15) is 29.0 Å². The molecule has 0 bridgehead atoms. The van der Waals surface area contributed by atoms with Gasteiger partial charge >= 0.3 is 5.69 Å². The van der Waals surface area contributed by atoms with Gasteiger partial charge in [0, 0.05) is 23.0 Å². The molecule has 2 aromatic rings. The number of ketones is 1. The van der Waals surface area contributed by atoms with Gasteiger partial charge in [-0.2, -0.15) is 5.10 Å². The van der Waals surface area contributed by atoms with E-state index < -0.39 is 0 Å². The van der Waals surface area contributed by atoms with Crippen LogP contribution >= 0.6 is 15.9 Å². The van der Waals surface area contributed by atoms with Crippen molar-refractivity contribution in [3.8, 4) is 0 Å². The number of benzene rings is 1. The predicted molar refractivity (Wildman–Crippen MR) is 77.9 cm³/mol. The number of rotatable bonds is 3. The molecule has 0 spiro atoms. The predicted octanol–water partition coefficient (Wildman–Crippen LogP) is 2.03. The highest BCUT2D eigenvalue weighted by molar-refractivity contribution is 9.10. The summed E-state index contributed by atoms with van der Waals surface area (Å²) in [5.74, 6) is 0.694. The first-order valence-electron chi connectivity index (χ1n) is 6.60. The van der Waals surface area contributed by atoms with Gasteiger partial charge in [0.2, 0.25) is 0 Å². The third-order valence-corrected chi connectivity index (χ3v) is 4.02. The van der Waals surface area contributed by atoms with Gasteiger partial charge in [-0.05, 0) is 25.0 Å². The van der Waals surface area contributed by atoms with Crippen molar-refractivity contribution in [2.75, 3.05) is 0 Å². The fraction of sp³-hybridized carbons (Fsp3) is 0.357. The van der Waals surface area contributed by atoms with Crippen LogP contribution in [0.25, 0.3) is 0 Å². The van der Waals surface area contributed by atoms with Gasteiger partial charge in [0.25, 0.3) is 0 Å². The Morgan fingerprint density at radius 2 is 2.00 bits per heavy atom. The Bertz CT molecular complexity index is 700. The van der Waals surface area contributed by atoms with E-state index in [0.717, 1.165) is 29.6 Å². The first-order valence-corrected chi connectivity index (χ1v) is 7.40. The Balaban J connectivity index is 1.84. The topological polar surface area (TPSA) is 56.9 Å². The molecule has 6 heteroatoms. The molecule has 104 valence electrons. The van der Waals surface area contributed by atoms with Crippen molar-refractivity contribution in [2.24, 2.45) is 0 Å². The van der Waals surface area contributed by atoms with Gasteiger partial charge in [-0.15, -0.1) is 0 Å². The van der Waals surface area contributed by atoms with E-state index in [9.17, 15) is 9.59 Å². The number of aromatic nitrogens is 3. The van der Waals surface area contributed by atoms with Crippen molar-refractivity contribution in [1.29, 1.82) is 0 Å². The van der Waals surface area contributed by atoms with Gasteiger partial charge in [-0.3, -0.25) is 9.36 Å². The van der Waals surface area contributed by atoms with E-state index in [4.69, 9.17) is 0 Å². The van der Waals surface area contributed by atoms with E-state index in [2.05, 4.69) is 21.0 Å². The number of aryl methyl sites for hydroxylation is 1. The molecule has 5 nitrogen and oxygen atoms in total. The lowest BCUT2D eigenvalue weighted by atomic mass is 10.1. The number of carbonyl (C=O) groups is 1. The molecule has 0 radical (unpaired) electrons. The van der Waals surface area contributed by atoms with Crippen molar-refractivity contribution >= 4 is 21.7 Å². The molecule has 1 aromatic carbocycles. The van der Waals surface area contributed by atoms with Gasteiger partial charge in [0.05, 0.1) is 0 Å². The Morgan fingerprint density at radius 1 is 1.25 bits per heavy atom. The van der Waals surface area contributed by atoms with Crippen LogP contribution < -0.4 is 5.69 Å². The zero-order valence-corrected chi connectivity index (χ0v) is 12.5. The van der Waals surface area contributed by atoms with Crippen molar-refractivity contribution in [2.45, 2.75) is 32.4 Å². The first-order chi connectivity index (χ1) is 9.65. The molecule has 0 saturated carbocycles. The van der Waals surface area contributed by atoms with Crippen molar-refractivity contribution < 1.29 is 4.79 Å². The zero-order valence-electron chi connectivity index (χ0n) is 10.9. The van der Waals surface area contributed by atoms with E-state index in [-0.39, 0.29) is 18.0 Å². The molecule has 0 amide bonds. The molecule has 0 fully saturated rings. The van der Waals surface area contributed by atoms with Gasteiger partial charge in [0.15, 0.2) is 5.78 Å². The molecule has 1 aliphatic heterocycles. The van der Waals surface area contributed by atoms with Crippen LogP contribution in [-0.2, 0) is 19.5 Å². The number of nitrogens with zero attached hydrogens (tertiary/aromatic N) is 3. The number of carbonyl (C=O) groups excluding carboxylic acids is 1. The minimum atomic E-state index is -0.176. The Morgan fingerprint density at radius 3 is 2.70 bits per heavy atom. The number of hydrogen-bond donors (Lipinski definition) is 0. The van der Waals surface area contributed by atoms with Crippen LogP contribution in [-0.4, -0.2) is 20.1 Å². The molecule has 0 saturated heterocycles. The zero-order chi connectivity index (χ0) is 14.1. The maximum absolute atomic E-state index is 12.2. The third-order valence-electron chi connectivity index (χ3n) is 3.49. The van der Waals surface area contributed by atoms with Gasteiger partial charge in [-0.1, -0.05) is 28.1 Å². The lowest BCUT2D eigenvalue weighted by Crippen LogP contribution is -2.29. The molecule has 1 aromatic heterocycles. The van der Waals surface area contributed by atoms with Crippen molar-refractivity contribution in [1.82, 2.24) is 14.3 Å². The fourth-order valence-electron chi connectivity index (χ4n) is 2.41. The standard InChI is InChI=1S/C14H14BrN3O2/c15-11-6-4-10(5-7-11)12(19)9-18-14(20)17-8-2-1-3-13(17)16-18/h4-7H,1-3,8-9H2. The molecule has 0 atom stereocenters. The molecule has 0 N–H and O–H groups in total. The molecule has 0 unspecified atom stereocenters. The van der Waals surface area contributed by atoms with E-state index in [0.29, 0.717) is 12.1 Å². The fourth-order valence-corrected chi connectivity index (χ4v) is 2.68. The SMILES string of the molecule is O=C(Cn1nc2n(c1=O)CCCC2)c1ccc(Br)cc1. The summed E-state index contributed by atoms with van der Waals surface area (Å²) in [6, 6.07) is 7.11. The lowest BCUT2D eigenvalue weighted by molar-refractivity contribution is 0.0966. The summed E-state index contributed by atoms with van der Waals surface area (Å²) in [6.45, 7) is 0.709. The van der Waals surface area contributed by atoms with Crippen LogP contribution in [0, 0.1) is 0 Å². The van der Waals surface area contributed by atoms with E-state index in [1.165, 1.54) is 4.68 Å². The molecule has 2 heterocycles. The second-order valence-corrected chi connectivity index (χ2v) is 5.81. The van der Waals surface area contributed by atoms with Crippen molar-refractivity contribution in [3.05, 3.63) is 50.6 Å². The van der Waals surface area contributed by atoms with Crippen LogP contribution in [0.2, 0.25) is 0 Å². The Labute approximate surface area is 124 Å². The van der Waals surface area contributed by atoms with Crippen LogP contribution in [0.15, 0.2) is 33.5 Å². The quantitative estimate of drug-likeness (QED) is 0.806. The highest BCUT2D eigenvalue weighted by Gasteiger charge is 2.18. The van der Waals surface area contributed by atoms with Crippen molar-refractivity contribution in [3.63, 3.8) is 0 Å². The second kappa shape index (κ2) is 5.36. The maximum atomic E-state index is 12.2. The maximum Gasteiger partial charge on any atom is 0.346 e. The summed E-state index contributed by atoms with van der Waals surface area (Å²) < 4.78 is 3.88. The minimum Gasteiger partial charge on any atom is -0.292 e. The largest absolute Gasteiger partial charge is 0.346 e. The van der Waals surface area contributed by atoms with Crippen LogP contribution in [0.3, 0.4) is 0 Å². The lowest BCUT2D eigenvalue weighted by Gasteiger charge is -2.09. The number of hydrogen-bond acceptors (Lipinski definition) is 3. The molecule has 0 aliphatic carbocycles. The summed E-state index contributed by atoms with van der Waals surface area (Å²) in [6.07, 6.45) is 2.87. The number of halogens is 1. The Hall–Kier alpha value is -1.69. The summed E-state index contributed by atoms with van der Waals surface area (Å²) in [5.41, 5.74) is 0.413. The molecular formula is C14H14BrN3O2. The van der Waals surface area contributed by atoms with E-state index in [1.54, 1.807) is 16.7 Å². The minimum absolute atomic E-state index is 0.000462. The van der Waals surface area contributed by atoms with Gasteiger partial charge < -0.3 is 0 Å². The smallest absolute Gasteiger partial charge is 0.292 e. The highest BCUT2D eigenvalue weighted by atomic mass is 79.9. The number of fused-ring (bicyclic) bond motifs is 1. The summed E-state index contributed by atoms with van der Waals surface area (Å²) >= 11 is 3.33. The first kappa shape index (κ1) is 13.3. The van der Waals surface area contributed by atoms with Crippen LogP contribution in [0.5, 0.6) is 0 Å². The average Bonchev–Trinajstić information content (AvgIpc) is 2.77. The normalized spacial score (nSPS) is 14.1. The summed E-state index contributed by atoms with van der Waals surface area (Å²) in [5, 5.41) is 4.27. The van der Waals surface area contributed by atoms with Gasteiger partial charge in [0.1, 0.15) is 12.4 Å². The molecule has 3 rings (SSSR count).